The van der Waals surface area contributed by atoms with Gasteiger partial charge in [-0.1, -0.05) is 28.1 Å². The average molecular weight is 342 g/mol. The first kappa shape index (κ1) is 16.0. The molecule has 0 atom stereocenters. The third-order valence-electron chi connectivity index (χ3n) is 3.79. The molecule has 1 N–H and O–H groups in total. The Balaban J connectivity index is 1.52. The number of ether oxygens (including phenoxy) is 2. The number of hydrogen-bond donors (Lipinski definition) is 1. The van der Waals surface area contributed by atoms with Gasteiger partial charge in [0.25, 0.3) is 0 Å². The van der Waals surface area contributed by atoms with E-state index < -0.39 is 0 Å². The van der Waals surface area contributed by atoms with Gasteiger partial charge >= 0.3 is 0 Å². The largest absolute Gasteiger partial charge is 0.382 e. The van der Waals surface area contributed by atoms with Gasteiger partial charge in [-0.25, -0.2) is 0 Å². The molecule has 2 rings (SSSR count). The van der Waals surface area contributed by atoms with E-state index in [1.807, 2.05) is 0 Å². The topological polar surface area (TPSA) is 30.5 Å². The van der Waals surface area contributed by atoms with Crippen LogP contribution in [0.4, 0.5) is 0 Å². The maximum absolute atomic E-state index is 5.44. The van der Waals surface area contributed by atoms with Crippen LogP contribution < -0.4 is 5.32 Å². The highest BCUT2D eigenvalue weighted by molar-refractivity contribution is 9.10. The summed E-state index contributed by atoms with van der Waals surface area (Å²) in [5.74, 6) is 0.725. The molecule has 0 unspecified atom stereocenters. The number of nitrogens with one attached hydrogen (secondary N) is 1. The van der Waals surface area contributed by atoms with Crippen molar-refractivity contribution in [2.45, 2.75) is 31.2 Å². The van der Waals surface area contributed by atoms with Crippen molar-refractivity contribution in [3.63, 3.8) is 0 Å². The van der Waals surface area contributed by atoms with Gasteiger partial charge in [0, 0.05) is 24.2 Å². The number of benzene rings is 1. The summed E-state index contributed by atoms with van der Waals surface area (Å²) in [6, 6.07) is 9.36. The van der Waals surface area contributed by atoms with Crippen LogP contribution in [0.2, 0.25) is 0 Å². The monoisotopic (exact) mass is 341 g/mol. The molecular weight excluding hydrogens is 318 g/mol. The molecule has 4 heteroatoms. The van der Waals surface area contributed by atoms with Crippen molar-refractivity contribution in [2.75, 3.05) is 33.5 Å². The Labute approximate surface area is 130 Å². The van der Waals surface area contributed by atoms with Crippen molar-refractivity contribution in [3.8, 4) is 0 Å². The summed E-state index contributed by atoms with van der Waals surface area (Å²) in [5, 5.41) is 3.60. The van der Waals surface area contributed by atoms with Gasteiger partial charge in [-0.3, -0.25) is 0 Å². The summed E-state index contributed by atoms with van der Waals surface area (Å²) in [6.07, 6.45) is 3.57. The van der Waals surface area contributed by atoms with Crippen LogP contribution in [0.5, 0.6) is 0 Å². The molecule has 0 spiro atoms. The molecule has 0 aliphatic heterocycles. The van der Waals surface area contributed by atoms with Crippen LogP contribution in [-0.2, 0) is 9.47 Å². The Kier molecular flexibility index (Phi) is 7.00. The van der Waals surface area contributed by atoms with Crippen LogP contribution in [0.1, 0.15) is 30.7 Å². The van der Waals surface area contributed by atoms with Gasteiger partial charge < -0.3 is 14.8 Å². The van der Waals surface area contributed by atoms with E-state index in [0.717, 1.165) is 25.5 Å². The van der Waals surface area contributed by atoms with Crippen LogP contribution in [0.25, 0.3) is 0 Å². The summed E-state index contributed by atoms with van der Waals surface area (Å²) < 4.78 is 11.6. The number of methoxy groups -OCH3 is 1. The Hall–Kier alpha value is -0.420. The Morgan fingerprint density at radius 1 is 1.25 bits per heavy atom. The van der Waals surface area contributed by atoms with Crippen molar-refractivity contribution in [1.82, 2.24) is 5.32 Å². The maximum atomic E-state index is 5.44. The van der Waals surface area contributed by atoms with Crippen molar-refractivity contribution in [3.05, 3.63) is 34.3 Å². The third kappa shape index (κ3) is 5.17. The number of halogens is 1. The summed E-state index contributed by atoms with van der Waals surface area (Å²) >= 11 is 3.54. The van der Waals surface area contributed by atoms with E-state index in [9.17, 15) is 0 Å². The van der Waals surface area contributed by atoms with E-state index in [-0.39, 0.29) is 0 Å². The highest BCUT2D eigenvalue weighted by Gasteiger charge is 2.29. The fraction of sp³-hybridized carbons (Fsp3) is 0.625. The fourth-order valence-corrected chi connectivity index (χ4v) is 2.96. The lowest BCUT2D eigenvalue weighted by atomic mass is 9.76. The van der Waals surface area contributed by atoms with E-state index in [1.54, 1.807) is 7.11 Å². The molecule has 0 bridgehead atoms. The van der Waals surface area contributed by atoms with Crippen LogP contribution in [0.3, 0.4) is 0 Å². The lowest BCUT2D eigenvalue weighted by molar-refractivity contribution is 0.0688. The van der Waals surface area contributed by atoms with Gasteiger partial charge in [0.05, 0.1) is 13.2 Å². The first-order valence-corrected chi connectivity index (χ1v) is 8.14. The molecule has 1 saturated carbocycles. The lowest BCUT2D eigenvalue weighted by Crippen LogP contribution is -2.40. The zero-order chi connectivity index (χ0) is 14.2. The molecule has 1 fully saturated rings. The molecule has 0 amide bonds. The molecule has 112 valence electrons. The van der Waals surface area contributed by atoms with E-state index in [4.69, 9.17) is 9.47 Å². The van der Waals surface area contributed by atoms with Gasteiger partial charge in [-0.15, -0.1) is 0 Å². The molecule has 0 heterocycles. The van der Waals surface area contributed by atoms with Crippen molar-refractivity contribution in [1.29, 1.82) is 0 Å². The van der Waals surface area contributed by atoms with Crippen LogP contribution in [0.15, 0.2) is 28.7 Å². The standard InChI is InChI=1S/C16H24BrNO2/c1-19-8-9-20-7-3-6-18-16-11-14(12-16)13-4-2-5-15(17)10-13/h2,4-5,10,14,16,18H,3,6-9,11-12H2,1H3. The summed E-state index contributed by atoms with van der Waals surface area (Å²) in [4.78, 5) is 0. The second kappa shape index (κ2) is 8.78. The molecule has 3 nitrogen and oxygen atoms in total. The summed E-state index contributed by atoms with van der Waals surface area (Å²) in [6.45, 7) is 3.25. The quantitative estimate of drug-likeness (QED) is 0.699. The molecule has 20 heavy (non-hydrogen) atoms. The SMILES string of the molecule is COCCOCCCNC1CC(c2cccc(Br)c2)C1. The Morgan fingerprint density at radius 3 is 2.85 bits per heavy atom. The molecule has 0 radical (unpaired) electrons. The maximum Gasteiger partial charge on any atom is 0.0700 e. The van der Waals surface area contributed by atoms with Crippen molar-refractivity contribution < 1.29 is 9.47 Å². The molecule has 1 aliphatic carbocycles. The number of hydrogen-bond acceptors (Lipinski definition) is 3. The first-order valence-electron chi connectivity index (χ1n) is 7.35. The molecular formula is C16H24BrNO2. The molecule has 1 aliphatic rings. The van der Waals surface area contributed by atoms with Gasteiger partial charge in [0.2, 0.25) is 0 Å². The van der Waals surface area contributed by atoms with Gasteiger partial charge in [-0.05, 0) is 49.4 Å². The Morgan fingerprint density at radius 2 is 2.10 bits per heavy atom. The van der Waals surface area contributed by atoms with Gasteiger partial charge in [-0.2, -0.15) is 0 Å². The molecule has 1 aromatic carbocycles. The van der Waals surface area contributed by atoms with Crippen molar-refractivity contribution in [2.24, 2.45) is 0 Å². The molecule has 0 saturated heterocycles. The van der Waals surface area contributed by atoms with Crippen LogP contribution in [-0.4, -0.2) is 39.5 Å². The Bertz CT molecular complexity index is 394. The zero-order valence-electron chi connectivity index (χ0n) is 12.1. The lowest BCUT2D eigenvalue weighted by Gasteiger charge is -2.36. The average Bonchev–Trinajstić information content (AvgIpc) is 2.39. The number of rotatable bonds is 9. The fourth-order valence-electron chi connectivity index (χ4n) is 2.54. The predicted octanol–water partition coefficient (Wildman–Crippen LogP) is 3.34. The summed E-state index contributed by atoms with van der Waals surface area (Å²) in [5.41, 5.74) is 1.46. The predicted molar refractivity (Wildman–Crippen MR) is 85.2 cm³/mol. The second-order valence-electron chi connectivity index (χ2n) is 5.33. The van der Waals surface area contributed by atoms with Crippen molar-refractivity contribution >= 4 is 15.9 Å². The van der Waals surface area contributed by atoms with Gasteiger partial charge in [0.15, 0.2) is 0 Å². The summed E-state index contributed by atoms with van der Waals surface area (Å²) in [7, 11) is 1.70. The second-order valence-corrected chi connectivity index (χ2v) is 6.25. The zero-order valence-corrected chi connectivity index (χ0v) is 13.7. The normalized spacial score (nSPS) is 21.7. The highest BCUT2D eigenvalue weighted by Crippen LogP contribution is 2.37. The van der Waals surface area contributed by atoms with Crippen LogP contribution >= 0.6 is 15.9 Å². The minimum Gasteiger partial charge on any atom is -0.382 e. The third-order valence-corrected chi connectivity index (χ3v) is 4.28. The minimum absolute atomic E-state index is 0.679. The first-order chi connectivity index (χ1) is 9.79. The molecule has 0 aromatic heterocycles. The minimum atomic E-state index is 0.679. The van der Waals surface area contributed by atoms with E-state index in [1.165, 1.54) is 22.9 Å². The van der Waals surface area contributed by atoms with E-state index >= 15 is 0 Å². The smallest absolute Gasteiger partial charge is 0.0700 e. The van der Waals surface area contributed by atoms with E-state index in [0.29, 0.717) is 19.3 Å². The van der Waals surface area contributed by atoms with Crippen LogP contribution in [0, 0.1) is 0 Å². The van der Waals surface area contributed by atoms with Gasteiger partial charge in [0.1, 0.15) is 0 Å². The van der Waals surface area contributed by atoms with E-state index in [2.05, 4.69) is 45.5 Å². The highest BCUT2D eigenvalue weighted by atomic mass is 79.9. The molecule has 1 aromatic rings.